The number of aliphatic imine (C=N–C) groups is 1. The number of pyridine rings is 1. The number of nitrogens with one attached hydrogen (secondary N) is 3. The van der Waals surface area contributed by atoms with Crippen LogP contribution in [0.3, 0.4) is 0 Å². The highest BCUT2D eigenvalue weighted by Gasteiger charge is 2.06. The number of hydrogen-bond donors (Lipinski definition) is 3. The third kappa shape index (κ3) is 4.93. The molecule has 17 heavy (non-hydrogen) atoms. The Balaban J connectivity index is 2.42. The molecular weight excluding hydrogens is 238 g/mol. The van der Waals surface area contributed by atoms with Crippen molar-refractivity contribution in [1.82, 2.24) is 15.6 Å². The summed E-state index contributed by atoms with van der Waals surface area (Å²) in [6, 6.07) is 3.51. The third-order valence-corrected chi connectivity index (χ3v) is 2.34. The number of nitrogens with zero attached hydrogens (tertiary/aromatic N) is 2. The quantitative estimate of drug-likeness (QED) is 0.549. The van der Waals surface area contributed by atoms with Crippen LogP contribution >= 0.6 is 11.6 Å². The zero-order chi connectivity index (χ0) is 12.7. The molecule has 0 aromatic carbocycles. The highest BCUT2D eigenvalue weighted by Crippen LogP contribution is 2.05. The molecule has 0 saturated heterocycles. The van der Waals surface area contributed by atoms with Crippen molar-refractivity contribution in [1.29, 1.82) is 5.41 Å². The molecule has 5 nitrogen and oxygen atoms in total. The fraction of sp³-hybridized carbons (Fsp3) is 0.364. The van der Waals surface area contributed by atoms with Gasteiger partial charge in [-0.15, -0.1) is 0 Å². The monoisotopic (exact) mass is 253 g/mol. The largest absolute Gasteiger partial charge is 0.379 e. The first kappa shape index (κ1) is 13.6. The Hall–Kier alpha value is -1.46. The van der Waals surface area contributed by atoms with E-state index in [-0.39, 0.29) is 11.9 Å². The average molecular weight is 254 g/mol. The van der Waals surface area contributed by atoms with E-state index in [0.717, 1.165) is 5.69 Å². The lowest BCUT2D eigenvalue weighted by Crippen LogP contribution is -2.32. The van der Waals surface area contributed by atoms with Crippen molar-refractivity contribution in [3.63, 3.8) is 0 Å². The summed E-state index contributed by atoms with van der Waals surface area (Å²) < 4.78 is 0. The van der Waals surface area contributed by atoms with E-state index in [1.807, 2.05) is 13.0 Å². The molecule has 0 spiro atoms. The summed E-state index contributed by atoms with van der Waals surface area (Å²) in [5.74, 6) is 0.272. The average Bonchev–Trinajstić information content (AvgIpc) is 2.34. The van der Waals surface area contributed by atoms with Crippen LogP contribution in [-0.2, 0) is 6.54 Å². The first-order valence-electron chi connectivity index (χ1n) is 5.25. The lowest BCUT2D eigenvalue weighted by Gasteiger charge is -2.11. The second-order valence-corrected chi connectivity index (χ2v) is 3.94. The summed E-state index contributed by atoms with van der Waals surface area (Å²) in [5.41, 5.74) is 0.881. The lowest BCUT2D eigenvalue weighted by atomic mass is 10.3. The second kappa shape index (κ2) is 6.98. The van der Waals surface area contributed by atoms with Crippen LogP contribution in [0.5, 0.6) is 0 Å². The molecule has 1 aromatic heterocycles. The molecular formula is C11H16ClN5. The Kier molecular flexibility index (Phi) is 5.59. The topological polar surface area (TPSA) is 73.2 Å². The number of hydrogen-bond acceptors (Lipinski definition) is 3. The van der Waals surface area contributed by atoms with Gasteiger partial charge in [0.05, 0.1) is 23.1 Å². The number of amidine groups is 1. The predicted octanol–water partition coefficient (Wildman–Crippen LogP) is 1.44. The van der Waals surface area contributed by atoms with Gasteiger partial charge in [-0.25, -0.2) is 4.99 Å². The van der Waals surface area contributed by atoms with Gasteiger partial charge in [-0.05, 0) is 19.1 Å². The minimum Gasteiger partial charge on any atom is -0.379 e. The second-order valence-electron chi connectivity index (χ2n) is 3.50. The van der Waals surface area contributed by atoms with Crippen molar-refractivity contribution in [2.45, 2.75) is 19.5 Å². The van der Waals surface area contributed by atoms with E-state index >= 15 is 0 Å². The van der Waals surface area contributed by atoms with E-state index in [9.17, 15) is 0 Å². The third-order valence-electron chi connectivity index (χ3n) is 2.12. The van der Waals surface area contributed by atoms with Crippen LogP contribution in [0.4, 0.5) is 0 Å². The molecule has 1 aromatic rings. The molecule has 0 aliphatic heterocycles. The maximum Gasteiger partial charge on any atom is 0.139 e. The van der Waals surface area contributed by atoms with Gasteiger partial charge in [0.2, 0.25) is 0 Å². The Morgan fingerprint density at radius 2 is 2.41 bits per heavy atom. The van der Waals surface area contributed by atoms with Gasteiger partial charge in [-0.1, -0.05) is 11.6 Å². The van der Waals surface area contributed by atoms with Gasteiger partial charge in [-0.3, -0.25) is 10.4 Å². The van der Waals surface area contributed by atoms with Crippen molar-refractivity contribution in [3.05, 3.63) is 29.0 Å². The first-order valence-corrected chi connectivity index (χ1v) is 5.63. The van der Waals surface area contributed by atoms with Gasteiger partial charge in [0.15, 0.2) is 0 Å². The molecule has 1 unspecified atom stereocenters. The maximum absolute atomic E-state index is 7.66. The molecule has 0 aliphatic rings. The molecule has 1 atom stereocenters. The van der Waals surface area contributed by atoms with Crippen molar-refractivity contribution in [2.75, 3.05) is 7.05 Å². The number of halogens is 1. The van der Waals surface area contributed by atoms with E-state index in [1.165, 1.54) is 6.34 Å². The Bertz CT molecular complexity index is 387. The Morgan fingerprint density at radius 3 is 3.00 bits per heavy atom. The van der Waals surface area contributed by atoms with E-state index in [1.54, 1.807) is 19.3 Å². The normalized spacial score (nSPS) is 12.6. The van der Waals surface area contributed by atoms with Crippen molar-refractivity contribution < 1.29 is 0 Å². The van der Waals surface area contributed by atoms with Gasteiger partial charge in [0.1, 0.15) is 5.84 Å². The predicted molar refractivity (Wildman–Crippen MR) is 70.8 cm³/mol. The summed E-state index contributed by atoms with van der Waals surface area (Å²) in [5, 5.41) is 14.2. The van der Waals surface area contributed by atoms with Crippen LogP contribution in [-0.4, -0.2) is 30.2 Å². The molecule has 0 radical (unpaired) electrons. The van der Waals surface area contributed by atoms with Crippen LogP contribution in [0.15, 0.2) is 23.3 Å². The molecule has 1 rings (SSSR count). The fourth-order valence-corrected chi connectivity index (χ4v) is 1.22. The van der Waals surface area contributed by atoms with Crippen LogP contribution < -0.4 is 10.6 Å². The zero-order valence-corrected chi connectivity index (χ0v) is 10.6. The minimum absolute atomic E-state index is 0.128. The summed E-state index contributed by atoms with van der Waals surface area (Å²) in [6.07, 6.45) is 3.09. The fourth-order valence-electron chi connectivity index (χ4n) is 1.11. The first-order chi connectivity index (χ1) is 8.13. The highest BCUT2D eigenvalue weighted by molar-refractivity contribution is 6.30. The molecule has 0 aliphatic carbocycles. The van der Waals surface area contributed by atoms with E-state index < -0.39 is 0 Å². The van der Waals surface area contributed by atoms with Gasteiger partial charge in [-0.2, -0.15) is 0 Å². The Labute approximate surface area is 106 Å². The van der Waals surface area contributed by atoms with Crippen molar-refractivity contribution in [3.8, 4) is 0 Å². The van der Waals surface area contributed by atoms with E-state index in [2.05, 4.69) is 20.6 Å². The van der Waals surface area contributed by atoms with E-state index in [4.69, 9.17) is 17.0 Å². The van der Waals surface area contributed by atoms with Crippen LogP contribution in [0.25, 0.3) is 0 Å². The van der Waals surface area contributed by atoms with Crippen LogP contribution in [0, 0.1) is 5.41 Å². The molecule has 0 fully saturated rings. The smallest absolute Gasteiger partial charge is 0.139 e. The number of aromatic nitrogens is 1. The molecule has 0 bridgehead atoms. The standard InChI is InChI=1S/C11H16ClN5/c1-8(11(13)17-7-14-2)15-6-10-4-3-9(12)5-16-10/h3-5,7-8,15H,6H2,1-2H3,(H2,13,14,17). The van der Waals surface area contributed by atoms with Crippen LogP contribution in [0.1, 0.15) is 12.6 Å². The summed E-state index contributed by atoms with van der Waals surface area (Å²) in [7, 11) is 1.74. The molecule has 0 saturated carbocycles. The molecule has 6 heteroatoms. The number of rotatable bonds is 5. The maximum atomic E-state index is 7.66. The van der Waals surface area contributed by atoms with Crippen molar-refractivity contribution in [2.24, 2.45) is 4.99 Å². The van der Waals surface area contributed by atoms with Gasteiger partial charge in [0.25, 0.3) is 0 Å². The summed E-state index contributed by atoms with van der Waals surface area (Å²) >= 11 is 5.74. The molecule has 92 valence electrons. The van der Waals surface area contributed by atoms with Crippen molar-refractivity contribution >= 4 is 23.8 Å². The molecule has 0 amide bonds. The summed E-state index contributed by atoms with van der Waals surface area (Å²) in [6.45, 7) is 2.46. The van der Waals surface area contributed by atoms with Gasteiger partial charge in [0, 0.05) is 19.8 Å². The highest BCUT2D eigenvalue weighted by atomic mass is 35.5. The lowest BCUT2D eigenvalue weighted by molar-refractivity contribution is 0.641. The SMILES string of the molecule is CN/C=N\C(=N)C(C)NCc1ccc(Cl)cn1. The van der Waals surface area contributed by atoms with Gasteiger partial charge < -0.3 is 10.6 Å². The zero-order valence-electron chi connectivity index (χ0n) is 9.87. The molecule has 1 heterocycles. The Morgan fingerprint density at radius 1 is 1.65 bits per heavy atom. The minimum atomic E-state index is -0.128. The summed E-state index contributed by atoms with van der Waals surface area (Å²) in [4.78, 5) is 8.07. The van der Waals surface area contributed by atoms with Gasteiger partial charge >= 0.3 is 0 Å². The molecule has 3 N–H and O–H groups in total. The van der Waals surface area contributed by atoms with E-state index in [0.29, 0.717) is 11.6 Å². The van der Waals surface area contributed by atoms with Crippen LogP contribution in [0.2, 0.25) is 5.02 Å².